The fourth-order valence-electron chi connectivity index (χ4n) is 3.22. The highest BCUT2D eigenvalue weighted by molar-refractivity contribution is 5.41. The van der Waals surface area contributed by atoms with Crippen molar-refractivity contribution in [3.8, 4) is 11.5 Å². The Labute approximate surface area is 108 Å². The number of likely N-dealkylation sites (tertiary alicyclic amines) is 1. The second-order valence-corrected chi connectivity index (χ2v) is 5.53. The second-order valence-electron chi connectivity index (χ2n) is 5.53. The summed E-state index contributed by atoms with van der Waals surface area (Å²) in [6, 6.07) is 6.01. The largest absolute Gasteiger partial charge is 0.508 e. The van der Waals surface area contributed by atoms with Crippen LogP contribution in [0.1, 0.15) is 31.2 Å². The zero-order valence-electron chi connectivity index (χ0n) is 10.9. The Bertz CT molecular complexity index is 433. The van der Waals surface area contributed by atoms with E-state index in [0.717, 1.165) is 18.6 Å². The molecule has 18 heavy (non-hydrogen) atoms. The zero-order chi connectivity index (χ0) is 12.5. The molecule has 2 aliphatic rings. The van der Waals surface area contributed by atoms with Crippen molar-refractivity contribution in [3.63, 3.8) is 0 Å². The minimum absolute atomic E-state index is 0.282. The van der Waals surface area contributed by atoms with E-state index in [1.165, 1.54) is 31.4 Å². The van der Waals surface area contributed by atoms with Crippen molar-refractivity contribution >= 4 is 0 Å². The maximum absolute atomic E-state index is 9.55. The first-order valence-corrected chi connectivity index (χ1v) is 6.93. The maximum atomic E-state index is 9.55. The first-order chi connectivity index (χ1) is 8.74. The SMILES string of the molecule is CN1CCCC[C@H]1[C@H]1CCc2ccc(O)cc2O1. The number of piperidine rings is 1. The lowest BCUT2D eigenvalue weighted by Crippen LogP contribution is -2.48. The third kappa shape index (κ3) is 2.19. The molecular formula is C15H21NO2. The number of benzene rings is 1. The van der Waals surface area contributed by atoms with E-state index in [0.29, 0.717) is 11.8 Å². The third-order valence-electron chi connectivity index (χ3n) is 4.28. The number of hydrogen-bond acceptors (Lipinski definition) is 3. The first kappa shape index (κ1) is 11.8. The van der Waals surface area contributed by atoms with E-state index in [9.17, 15) is 5.11 Å². The number of likely N-dealkylation sites (N-methyl/N-ethyl adjacent to an activating group) is 1. The van der Waals surface area contributed by atoms with Crippen molar-refractivity contribution in [1.82, 2.24) is 4.90 Å². The van der Waals surface area contributed by atoms with Crippen molar-refractivity contribution in [2.24, 2.45) is 0 Å². The van der Waals surface area contributed by atoms with E-state index in [4.69, 9.17) is 4.74 Å². The van der Waals surface area contributed by atoms with Crippen molar-refractivity contribution in [2.45, 2.75) is 44.2 Å². The number of phenolic OH excluding ortho intramolecular Hbond substituents is 1. The summed E-state index contributed by atoms with van der Waals surface area (Å²) in [6.07, 6.45) is 6.27. The van der Waals surface area contributed by atoms with Gasteiger partial charge in [-0.2, -0.15) is 0 Å². The predicted molar refractivity (Wildman–Crippen MR) is 71.1 cm³/mol. The number of phenols is 1. The van der Waals surface area contributed by atoms with E-state index in [1.807, 2.05) is 6.07 Å². The molecule has 3 heteroatoms. The Morgan fingerprint density at radius 3 is 3.00 bits per heavy atom. The van der Waals surface area contributed by atoms with Crippen molar-refractivity contribution in [3.05, 3.63) is 23.8 Å². The Morgan fingerprint density at radius 2 is 2.17 bits per heavy atom. The number of aromatic hydroxyl groups is 1. The Balaban J connectivity index is 1.77. The van der Waals surface area contributed by atoms with E-state index in [2.05, 4.69) is 11.9 Å². The molecule has 1 aromatic carbocycles. The van der Waals surface area contributed by atoms with Gasteiger partial charge in [0.1, 0.15) is 17.6 Å². The van der Waals surface area contributed by atoms with Gasteiger partial charge in [0.05, 0.1) is 0 Å². The van der Waals surface area contributed by atoms with E-state index >= 15 is 0 Å². The predicted octanol–water partition coefficient (Wildman–Crippen LogP) is 2.57. The topological polar surface area (TPSA) is 32.7 Å². The summed E-state index contributed by atoms with van der Waals surface area (Å²) in [5.41, 5.74) is 1.22. The average molecular weight is 247 g/mol. The van der Waals surface area contributed by atoms with Gasteiger partial charge < -0.3 is 9.84 Å². The van der Waals surface area contributed by atoms with E-state index in [-0.39, 0.29) is 6.10 Å². The van der Waals surface area contributed by atoms with Crippen LogP contribution in [0.5, 0.6) is 11.5 Å². The minimum Gasteiger partial charge on any atom is -0.508 e. The van der Waals surface area contributed by atoms with E-state index < -0.39 is 0 Å². The summed E-state index contributed by atoms with van der Waals surface area (Å²) in [7, 11) is 2.20. The molecule has 3 nitrogen and oxygen atoms in total. The zero-order valence-corrected chi connectivity index (χ0v) is 10.9. The molecule has 1 aromatic rings. The first-order valence-electron chi connectivity index (χ1n) is 6.93. The summed E-state index contributed by atoms with van der Waals surface area (Å²) < 4.78 is 6.12. The highest BCUT2D eigenvalue weighted by Crippen LogP contribution is 2.34. The quantitative estimate of drug-likeness (QED) is 0.828. The van der Waals surface area contributed by atoms with Gasteiger partial charge in [-0.3, -0.25) is 4.90 Å². The molecule has 0 radical (unpaired) electrons. The monoisotopic (exact) mass is 247 g/mol. The smallest absolute Gasteiger partial charge is 0.126 e. The fourth-order valence-corrected chi connectivity index (χ4v) is 3.22. The van der Waals surface area contributed by atoms with Gasteiger partial charge in [-0.1, -0.05) is 12.5 Å². The molecule has 1 N–H and O–H groups in total. The normalized spacial score (nSPS) is 28.5. The molecule has 0 aromatic heterocycles. The van der Waals surface area contributed by atoms with Gasteiger partial charge in [0.25, 0.3) is 0 Å². The van der Waals surface area contributed by atoms with Gasteiger partial charge in [-0.25, -0.2) is 0 Å². The van der Waals surface area contributed by atoms with Crippen LogP contribution in [0.15, 0.2) is 18.2 Å². The molecule has 1 fully saturated rings. The summed E-state index contributed by atoms with van der Waals surface area (Å²) in [6.45, 7) is 1.18. The van der Waals surface area contributed by atoms with Crippen LogP contribution in [0, 0.1) is 0 Å². The van der Waals surface area contributed by atoms with Crippen molar-refractivity contribution < 1.29 is 9.84 Å². The standard InChI is InChI=1S/C15H21NO2/c1-16-9-3-2-4-13(16)14-8-6-11-5-7-12(17)10-15(11)18-14/h5,7,10,13-14,17H,2-4,6,8-9H2,1H3/t13-,14+/m0/s1. The van der Waals surface area contributed by atoms with Crippen LogP contribution < -0.4 is 4.74 Å². The number of fused-ring (bicyclic) bond motifs is 1. The Morgan fingerprint density at radius 1 is 1.28 bits per heavy atom. The number of hydrogen-bond donors (Lipinski definition) is 1. The van der Waals surface area contributed by atoms with Crippen molar-refractivity contribution in [1.29, 1.82) is 0 Å². The molecule has 0 aliphatic carbocycles. The maximum Gasteiger partial charge on any atom is 0.126 e. The minimum atomic E-state index is 0.282. The van der Waals surface area contributed by atoms with Crippen LogP contribution >= 0.6 is 0 Å². The lowest BCUT2D eigenvalue weighted by molar-refractivity contribution is 0.0446. The van der Waals surface area contributed by atoms with Crippen LogP contribution in [-0.2, 0) is 6.42 Å². The van der Waals surface area contributed by atoms with Gasteiger partial charge in [0.15, 0.2) is 0 Å². The molecule has 98 valence electrons. The second kappa shape index (κ2) is 4.81. The molecule has 2 heterocycles. The van der Waals surface area contributed by atoms with Crippen LogP contribution in [-0.4, -0.2) is 35.7 Å². The molecule has 0 unspecified atom stereocenters. The summed E-state index contributed by atoms with van der Waals surface area (Å²) in [5.74, 6) is 1.18. The Kier molecular flexibility index (Phi) is 3.16. The lowest BCUT2D eigenvalue weighted by atomic mass is 9.92. The Hall–Kier alpha value is -1.22. The number of aryl methyl sites for hydroxylation is 1. The number of ether oxygens (including phenoxy) is 1. The lowest BCUT2D eigenvalue weighted by Gasteiger charge is -2.40. The van der Waals surface area contributed by atoms with Gasteiger partial charge in [0.2, 0.25) is 0 Å². The average Bonchev–Trinajstić information content (AvgIpc) is 2.38. The summed E-state index contributed by atoms with van der Waals surface area (Å²) >= 11 is 0. The molecule has 0 bridgehead atoms. The van der Waals surface area contributed by atoms with E-state index in [1.54, 1.807) is 12.1 Å². The molecule has 2 aliphatic heterocycles. The summed E-state index contributed by atoms with van der Waals surface area (Å²) in [4.78, 5) is 2.43. The van der Waals surface area contributed by atoms with Gasteiger partial charge in [-0.05, 0) is 50.9 Å². The fraction of sp³-hybridized carbons (Fsp3) is 0.600. The molecule has 1 saturated heterocycles. The van der Waals surface area contributed by atoms with Gasteiger partial charge >= 0.3 is 0 Å². The molecular weight excluding hydrogens is 226 g/mol. The third-order valence-corrected chi connectivity index (χ3v) is 4.28. The van der Waals surface area contributed by atoms with Crippen molar-refractivity contribution in [2.75, 3.05) is 13.6 Å². The number of nitrogens with zero attached hydrogens (tertiary/aromatic N) is 1. The van der Waals surface area contributed by atoms with Gasteiger partial charge in [-0.15, -0.1) is 0 Å². The highest BCUT2D eigenvalue weighted by atomic mass is 16.5. The molecule has 2 atom stereocenters. The van der Waals surface area contributed by atoms with Gasteiger partial charge in [0, 0.05) is 12.1 Å². The van der Waals surface area contributed by atoms with Crippen LogP contribution in [0.3, 0.4) is 0 Å². The van der Waals surface area contributed by atoms with Crippen LogP contribution in [0.4, 0.5) is 0 Å². The molecule has 3 rings (SSSR count). The summed E-state index contributed by atoms with van der Waals surface area (Å²) in [5, 5.41) is 9.55. The number of rotatable bonds is 1. The highest BCUT2D eigenvalue weighted by Gasteiger charge is 2.31. The van der Waals surface area contributed by atoms with Crippen LogP contribution in [0.25, 0.3) is 0 Å². The molecule has 0 saturated carbocycles. The molecule has 0 amide bonds. The molecule has 0 spiro atoms. The van der Waals surface area contributed by atoms with Crippen LogP contribution in [0.2, 0.25) is 0 Å².